The third-order valence-electron chi connectivity index (χ3n) is 10.5. The fourth-order valence-corrected chi connectivity index (χ4v) is 8.65. The van der Waals surface area contributed by atoms with Crippen molar-refractivity contribution < 1.29 is 0 Å². The molecule has 194 valence electrons. The average molecular weight is 516 g/mol. The van der Waals surface area contributed by atoms with Gasteiger partial charge in [-0.05, 0) is 112 Å². The third kappa shape index (κ3) is 2.98. The molecule has 0 spiro atoms. The highest BCUT2D eigenvalue weighted by Crippen LogP contribution is 2.54. The quantitative estimate of drug-likeness (QED) is 0.329. The van der Waals surface area contributed by atoms with Crippen LogP contribution >= 0.6 is 0 Å². The van der Waals surface area contributed by atoms with Crippen molar-refractivity contribution in [2.24, 2.45) is 0 Å². The van der Waals surface area contributed by atoms with E-state index in [2.05, 4.69) is 121 Å². The Morgan fingerprint density at radius 1 is 0.825 bits per heavy atom. The lowest BCUT2D eigenvalue weighted by Crippen LogP contribution is -2.52. The first kappa shape index (κ1) is 22.7. The number of benzene rings is 3. The van der Waals surface area contributed by atoms with E-state index in [1.807, 2.05) is 0 Å². The van der Waals surface area contributed by atoms with Crippen molar-refractivity contribution >= 4 is 22.4 Å². The molecule has 0 saturated carbocycles. The average Bonchev–Trinajstić information content (AvgIpc) is 3.67. The van der Waals surface area contributed by atoms with E-state index in [-0.39, 0.29) is 5.54 Å². The molecular formula is C39H33N. The van der Waals surface area contributed by atoms with Crippen molar-refractivity contribution in [1.82, 2.24) is 0 Å². The number of anilines is 1. The highest BCUT2D eigenvalue weighted by Gasteiger charge is 2.49. The minimum Gasteiger partial charge on any atom is -0.354 e. The van der Waals surface area contributed by atoms with Crippen molar-refractivity contribution in [3.05, 3.63) is 154 Å². The molecule has 0 amide bonds. The molecule has 3 aromatic rings. The summed E-state index contributed by atoms with van der Waals surface area (Å²) in [4.78, 5) is 2.76. The first-order valence-electron chi connectivity index (χ1n) is 15.0. The van der Waals surface area contributed by atoms with Gasteiger partial charge in [-0.2, -0.15) is 0 Å². The van der Waals surface area contributed by atoms with Crippen LogP contribution in [0.3, 0.4) is 0 Å². The zero-order valence-electron chi connectivity index (χ0n) is 23.0. The van der Waals surface area contributed by atoms with Gasteiger partial charge in [-0.15, -0.1) is 0 Å². The van der Waals surface area contributed by atoms with Crippen molar-refractivity contribution in [1.29, 1.82) is 0 Å². The molecule has 0 fully saturated rings. The van der Waals surface area contributed by atoms with Crippen molar-refractivity contribution in [3.8, 4) is 0 Å². The predicted octanol–water partition coefficient (Wildman–Crippen LogP) is 9.00. The van der Waals surface area contributed by atoms with E-state index in [1.54, 1.807) is 16.7 Å². The van der Waals surface area contributed by atoms with E-state index < -0.39 is 0 Å². The van der Waals surface area contributed by atoms with E-state index in [0.717, 1.165) is 32.1 Å². The number of rotatable bonds is 2. The Morgan fingerprint density at radius 2 is 1.68 bits per heavy atom. The molecule has 3 unspecified atom stereocenters. The molecule has 40 heavy (non-hydrogen) atoms. The summed E-state index contributed by atoms with van der Waals surface area (Å²) in [5.41, 5.74) is 17.8. The van der Waals surface area contributed by atoms with Gasteiger partial charge in [0.2, 0.25) is 0 Å². The Bertz CT molecular complexity index is 1800. The van der Waals surface area contributed by atoms with Crippen LogP contribution in [0.4, 0.5) is 5.69 Å². The van der Waals surface area contributed by atoms with Gasteiger partial charge in [0, 0.05) is 11.6 Å². The van der Waals surface area contributed by atoms with Crippen LogP contribution in [0.25, 0.3) is 16.7 Å². The maximum atomic E-state index is 2.76. The number of allylic oxidation sites excluding steroid dienone is 8. The first-order chi connectivity index (χ1) is 19.7. The third-order valence-corrected chi connectivity index (χ3v) is 10.5. The predicted molar refractivity (Wildman–Crippen MR) is 167 cm³/mol. The topological polar surface area (TPSA) is 3.24 Å². The van der Waals surface area contributed by atoms with Gasteiger partial charge in [0.15, 0.2) is 0 Å². The summed E-state index contributed by atoms with van der Waals surface area (Å²) >= 11 is 0. The molecule has 0 radical (unpaired) electrons. The molecule has 0 N–H and O–H groups in total. The Morgan fingerprint density at radius 3 is 2.65 bits per heavy atom. The van der Waals surface area contributed by atoms with E-state index in [9.17, 15) is 0 Å². The number of hydrogen-bond acceptors (Lipinski definition) is 1. The second kappa shape index (κ2) is 8.21. The van der Waals surface area contributed by atoms with Crippen LogP contribution in [-0.4, -0.2) is 11.6 Å². The Labute approximate surface area is 237 Å². The largest absolute Gasteiger partial charge is 0.354 e. The fraction of sp³-hybridized carbons (Fsp3) is 0.231. The molecule has 0 saturated heterocycles. The van der Waals surface area contributed by atoms with Crippen LogP contribution in [0.15, 0.2) is 120 Å². The normalized spacial score (nSPS) is 26.8. The van der Waals surface area contributed by atoms with Gasteiger partial charge in [-0.1, -0.05) is 97.1 Å². The van der Waals surface area contributed by atoms with E-state index in [1.165, 1.54) is 50.2 Å². The second-order valence-electron chi connectivity index (χ2n) is 12.5. The molecule has 0 bridgehead atoms. The van der Waals surface area contributed by atoms with E-state index in [4.69, 9.17) is 0 Å². The van der Waals surface area contributed by atoms with Gasteiger partial charge in [-0.25, -0.2) is 0 Å². The van der Waals surface area contributed by atoms with Crippen LogP contribution < -0.4 is 4.90 Å². The zero-order chi connectivity index (χ0) is 26.4. The van der Waals surface area contributed by atoms with Crippen molar-refractivity contribution in [2.45, 2.75) is 56.5 Å². The lowest BCUT2D eigenvalue weighted by Gasteiger charge is -2.47. The van der Waals surface area contributed by atoms with Gasteiger partial charge >= 0.3 is 0 Å². The number of nitrogens with zero attached hydrogens (tertiary/aromatic N) is 1. The van der Waals surface area contributed by atoms with Crippen LogP contribution in [0.1, 0.15) is 65.5 Å². The molecular weight excluding hydrogens is 482 g/mol. The summed E-state index contributed by atoms with van der Waals surface area (Å²) in [7, 11) is 0. The summed E-state index contributed by atoms with van der Waals surface area (Å²) in [6, 6.07) is 25.9. The molecule has 9 rings (SSSR count). The Hall–Kier alpha value is -4.10. The Kier molecular flexibility index (Phi) is 4.66. The van der Waals surface area contributed by atoms with Gasteiger partial charge in [0.25, 0.3) is 0 Å². The standard InChI is InChI=1S/C39H33N/c1-39(40-37-17-6-4-12-32(37)33-13-5-7-18-38(33)40)21-9-16-31-34-22-26(19-20-27(34)24-36(31)39)29-14-8-15-30-28-11-3-2-10-25(28)23-35(29)30/h2-7,9-13,15-20,22,32,37H,8,14,21,23-24H2,1H3. The summed E-state index contributed by atoms with van der Waals surface area (Å²) in [5.74, 6) is 0.431. The number of para-hydroxylation sites is 1. The van der Waals surface area contributed by atoms with Crippen molar-refractivity contribution in [2.75, 3.05) is 4.90 Å². The second-order valence-corrected chi connectivity index (χ2v) is 12.5. The first-order valence-corrected chi connectivity index (χ1v) is 15.0. The molecule has 3 atom stereocenters. The molecule has 1 heteroatoms. The van der Waals surface area contributed by atoms with Gasteiger partial charge in [0.1, 0.15) is 0 Å². The number of hydrogen-bond donors (Lipinski definition) is 0. The smallest absolute Gasteiger partial charge is 0.0639 e. The van der Waals surface area contributed by atoms with Crippen LogP contribution in [-0.2, 0) is 12.8 Å². The minimum absolute atomic E-state index is 0.0515. The molecule has 1 aliphatic heterocycles. The van der Waals surface area contributed by atoms with Gasteiger partial charge < -0.3 is 4.90 Å². The molecule has 5 aliphatic carbocycles. The molecule has 0 aromatic heterocycles. The lowest BCUT2D eigenvalue weighted by molar-refractivity contribution is 0.456. The minimum atomic E-state index is -0.0515. The highest BCUT2D eigenvalue weighted by atomic mass is 15.3. The van der Waals surface area contributed by atoms with Crippen LogP contribution in [0, 0.1) is 0 Å². The van der Waals surface area contributed by atoms with Gasteiger partial charge in [0.05, 0.1) is 11.6 Å². The Balaban J connectivity index is 1.15. The lowest BCUT2D eigenvalue weighted by atomic mass is 9.78. The van der Waals surface area contributed by atoms with Crippen molar-refractivity contribution in [3.63, 3.8) is 0 Å². The SMILES string of the molecule is CC1(N2c3ccccc3C3C=CC=CC32)CC=CC2=C1Cc1ccc(C3=C4Cc5ccccc5C4=CCC3)cc12. The summed E-state index contributed by atoms with van der Waals surface area (Å²) in [6.07, 6.45) is 22.1. The molecule has 3 aromatic carbocycles. The van der Waals surface area contributed by atoms with Gasteiger partial charge in [-0.3, -0.25) is 0 Å². The maximum Gasteiger partial charge on any atom is 0.0639 e. The highest BCUT2D eigenvalue weighted by molar-refractivity contribution is 5.97. The monoisotopic (exact) mass is 515 g/mol. The molecule has 6 aliphatic rings. The van der Waals surface area contributed by atoms with E-state index >= 15 is 0 Å². The maximum absolute atomic E-state index is 2.76. The number of fused-ring (bicyclic) bond motifs is 8. The van der Waals surface area contributed by atoms with Crippen LogP contribution in [0.2, 0.25) is 0 Å². The van der Waals surface area contributed by atoms with E-state index in [0.29, 0.717) is 12.0 Å². The summed E-state index contributed by atoms with van der Waals surface area (Å²) < 4.78 is 0. The molecule has 1 nitrogen and oxygen atoms in total. The molecule has 1 heterocycles. The van der Waals surface area contributed by atoms with Crippen LogP contribution in [0.5, 0.6) is 0 Å². The zero-order valence-corrected chi connectivity index (χ0v) is 23.0. The summed E-state index contributed by atoms with van der Waals surface area (Å²) in [5, 5.41) is 0. The fourth-order valence-electron chi connectivity index (χ4n) is 8.65. The summed E-state index contributed by atoms with van der Waals surface area (Å²) in [6.45, 7) is 2.50.